The number of hydrogen-bond acceptors (Lipinski definition) is 1. The zero-order chi connectivity index (χ0) is 14.3. The summed E-state index contributed by atoms with van der Waals surface area (Å²) in [5.74, 6) is 0.292. The summed E-state index contributed by atoms with van der Waals surface area (Å²) in [6.45, 7) is 0.852. The number of carbonyl (C=O) groups excluding carboxylic acids is 1. The van der Waals surface area contributed by atoms with Crippen molar-refractivity contribution in [3.63, 3.8) is 0 Å². The summed E-state index contributed by atoms with van der Waals surface area (Å²) in [6, 6.07) is 18.6. The van der Waals surface area contributed by atoms with E-state index in [9.17, 15) is 4.79 Å². The smallest absolute Gasteiger partial charge is 0.237 e. The molecule has 2 aliphatic rings. The van der Waals surface area contributed by atoms with Crippen LogP contribution in [0.2, 0.25) is 0 Å². The monoisotopic (exact) mass is 277 g/mol. The van der Waals surface area contributed by atoms with Crippen LogP contribution in [-0.2, 0) is 16.6 Å². The van der Waals surface area contributed by atoms with Gasteiger partial charge in [-0.1, -0.05) is 48.5 Å². The van der Waals surface area contributed by atoms with Crippen molar-refractivity contribution in [2.75, 3.05) is 11.4 Å². The number of rotatable bonds is 2. The first-order valence-electron chi connectivity index (χ1n) is 7.77. The van der Waals surface area contributed by atoms with E-state index in [4.69, 9.17) is 0 Å². The second-order valence-corrected chi connectivity index (χ2v) is 6.14. The van der Waals surface area contributed by atoms with Gasteiger partial charge in [0.2, 0.25) is 5.91 Å². The van der Waals surface area contributed by atoms with E-state index in [-0.39, 0.29) is 5.41 Å². The highest BCUT2D eigenvalue weighted by molar-refractivity contribution is 6.04. The fraction of sp³-hybridized carbons (Fsp3) is 0.316. The summed E-state index contributed by atoms with van der Waals surface area (Å²) < 4.78 is 0. The molecule has 1 aliphatic heterocycles. The molecule has 2 aromatic carbocycles. The molecule has 0 bridgehead atoms. The summed E-state index contributed by atoms with van der Waals surface area (Å²) in [7, 11) is 0. The number of aryl methyl sites for hydroxylation is 1. The summed E-state index contributed by atoms with van der Waals surface area (Å²) in [5.41, 5.74) is 3.35. The van der Waals surface area contributed by atoms with Gasteiger partial charge in [-0.25, -0.2) is 0 Å². The van der Waals surface area contributed by atoms with Gasteiger partial charge in [-0.3, -0.25) is 4.79 Å². The van der Waals surface area contributed by atoms with Crippen molar-refractivity contribution in [1.29, 1.82) is 0 Å². The largest absolute Gasteiger partial charge is 0.311 e. The Balaban J connectivity index is 1.71. The molecule has 0 radical (unpaired) electrons. The zero-order valence-electron chi connectivity index (χ0n) is 12.1. The van der Waals surface area contributed by atoms with Crippen molar-refractivity contribution in [3.8, 4) is 0 Å². The van der Waals surface area contributed by atoms with Crippen molar-refractivity contribution in [3.05, 3.63) is 65.7 Å². The van der Waals surface area contributed by atoms with E-state index < -0.39 is 0 Å². The lowest BCUT2D eigenvalue weighted by molar-refractivity contribution is -0.121. The lowest BCUT2D eigenvalue weighted by Crippen LogP contribution is -2.42. The maximum absolute atomic E-state index is 13.2. The summed E-state index contributed by atoms with van der Waals surface area (Å²) in [4.78, 5) is 15.2. The van der Waals surface area contributed by atoms with Gasteiger partial charge < -0.3 is 4.90 Å². The van der Waals surface area contributed by atoms with Crippen LogP contribution in [0.15, 0.2) is 54.6 Å². The topological polar surface area (TPSA) is 20.3 Å². The SMILES string of the molecule is O=C(N1CCCc2ccccc21)C1(c2ccccc2)CC1. The van der Waals surface area contributed by atoms with E-state index in [2.05, 4.69) is 30.3 Å². The van der Waals surface area contributed by atoms with Gasteiger partial charge in [0, 0.05) is 12.2 Å². The van der Waals surface area contributed by atoms with E-state index >= 15 is 0 Å². The first-order valence-corrected chi connectivity index (χ1v) is 7.77. The van der Waals surface area contributed by atoms with Crippen LogP contribution < -0.4 is 4.90 Å². The number of para-hydroxylation sites is 1. The molecule has 106 valence electrons. The highest BCUT2D eigenvalue weighted by Crippen LogP contribution is 2.50. The van der Waals surface area contributed by atoms with Gasteiger partial charge in [-0.15, -0.1) is 0 Å². The normalized spacial score (nSPS) is 19.0. The predicted molar refractivity (Wildman–Crippen MR) is 84.5 cm³/mol. The zero-order valence-corrected chi connectivity index (χ0v) is 12.1. The number of amides is 1. The summed E-state index contributed by atoms with van der Waals surface area (Å²) in [5, 5.41) is 0. The van der Waals surface area contributed by atoms with Crippen molar-refractivity contribution in [1.82, 2.24) is 0 Å². The molecule has 2 aromatic rings. The Labute approximate surface area is 125 Å². The van der Waals surface area contributed by atoms with E-state index in [1.165, 1.54) is 11.1 Å². The average Bonchev–Trinajstić information content (AvgIpc) is 3.36. The van der Waals surface area contributed by atoms with Gasteiger partial charge in [0.1, 0.15) is 0 Å². The molecule has 2 heteroatoms. The highest BCUT2D eigenvalue weighted by atomic mass is 16.2. The van der Waals surface area contributed by atoms with Gasteiger partial charge in [-0.05, 0) is 42.9 Å². The molecule has 0 aromatic heterocycles. The van der Waals surface area contributed by atoms with E-state index in [0.29, 0.717) is 5.91 Å². The fourth-order valence-electron chi connectivity index (χ4n) is 3.51. The highest BCUT2D eigenvalue weighted by Gasteiger charge is 2.53. The standard InChI is InChI=1S/C19H19NO/c21-18(19(12-13-19)16-9-2-1-3-10-16)20-14-6-8-15-7-4-5-11-17(15)20/h1-5,7,9-11H,6,8,12-14H2. The predicted octanol–water partition coefficient (Wildman–Crippen LogP) is 3.70. The van der Waals surface area contributed by atoms with Gasteiger partial charge in [-0.2, -0.15) is 0 Å². The van der Waals surface area contributed by atoms with Crippen LogP contribution in [-0.4, -0.2) is 12.5 Å². The van der Waals surface area contributed by atoms with E-state index in [1.54, 1.807) is 0 Å². The number of carbonyl (C=O) groups is 1. The minimum atomic E-state index is -0.258. The van der Waals surface area contributed by atoms with Crippen LogP contribution in [0.5, 0.6) is 0 Å². The molecule has 0 N–H and O–H groups in total. The molecule has 0 unspecified atom stereocenters. The number of fused-ring (bicyclic) bond motifs is 1. The molecule has 0 spiro atoms. The first kappa shape index (κ1) is 12.6. The number of nitrogens with zero attached hydrogens (tertiary/aromatic N) is 1. The lowest BCUT2D eigenvalue weighted by Gasteiger charge is -2.32. The Kier molecular flexibility index (Phi) is 2.85. The Morgan fingerprint density at radius 3 is 2.43 bits per heavy atom. The van der Waals surface area contributed by atoms with Gasteiger partial charge >= 0.3 is 0 Å². The quantitative estimate of drug-likeness (QED) is 0.819. The molecule has 4 rings (SSSR count). The van der Waals surface area contributed by atoms with E-state index in [0.717, 1.165) is 37.9 Å². The molecule has 1 heterocycles. The molecule has 1 amide bonds. The maximum atomic E-state index is 13.2. The van der Waals surface area contributed by atoms with Crippen LogP contribution in [0, 0.1) is 0 Å². The van der Waals surface area contributed by atoms with Crippen molar-refractivity contribution < 1.29 is 4.79 Å². The van der Waals surface area contributed by atoms with Crippen LogP contribution >= 0.6 is 0 Å². The minimum absolute atomic E-state index is 0.258. The molecule has 1 fully saturated rings. The van der Waals surface area contributed by atoms with Gasteiger partial charge in [0.25, 0.3) is 0 Å². The minimum Gasteiger partial charge on any atom is -0.311 e. The van der Waals surface area contributed by atoms with Crippen LogP contribution in [0.1, 0.15) is 30.4 Å². The number of anilines is 1. The fourth-order valence-corrected chi connectivity index (χ4v) is 3.51. The van der Waals surface area contributed by atoms with Crippen LogP contribution in [0.4, 0.5) is 5.69 Å². The Morgan fingerprint density at radius 2 is 1.67 bits per heavy atom. The van der Waals surface area contributed by atoms with Crippen molar-refractivity contribution >= 4 is 11.6 Å². The molecule has 0 saturated heterocycles. The Hall–Kier alpha value is -2.09. The number of benzene rings is 2. The van der Waals surface area contributed by atoms with E-state index in [1.807, 2.05) is 29.2 Å². The number of hydrogen-bond donors (Lipinski definition) is 0. The second-order valence-electron chi connectivity index (χ2n) is 6.14. The molecule has 0 atom stereocenters. The molecular weight excluding hydrogens is 258 g/mol. The molecular formula is C19H19NO. The molecule has 1 saturated carbocycles. The third kappa shape index (κ3) is 1.98. The molecule has 21 heavy (non-hydrogen) atoms. The average molecular weight is 277 g/mol. The Bertz CT molecular complexity index is 673. The van der Waals surface area contributed by atoms with Crippen molar-refractivity contribution in [2.45, 2.75) is 31.1 Å². The maximum Gasteiger partial charge on any atom is 0.237 e. The summed E-state index contributed by atoms with van der Waals surface area (Å²) in [6.07, 6.45) is 4.11. The summed E-state index contributed by atoms with van der Waals surface area (Å²) >= 11 is 0. The second kappa shape index (κ2) is 4.73. The van der Waals surface area contributed by atoms with Gasteiger partial charge in [0.15, 0.2) is 0 Å². The van der Waals surface area contributed by atoms with Crippen molar-refractivity contribution in [2.24, 2.45) is 0 Å². The van der Waals surface area contributed by atoms with Gasteiger partial charge in [0.05, 0.1) is 5.41 Å². The lowest BCUT2D eigenvalue weighted by atomic mass is 9.92. The Morgan fingerprint density at radius 1 is 0.952 bits per heavy atom. The molecule has 2 nitrogen and oxygen atoms in total. The first-order chi connectivity index (χ1) is 10.3. The third-order valence-corrected chi connectivity index (χ3v) is 4.84. The van der Waals surface area contributed by atoms with Crippen LogP contribution in [0.25, 0.3) is 0 Å². The van der Waals surface area contributed by atoms with Crippen LogP contribution in [0.3, 0.4) is 0 Å². The molecule has 1 aliphatic carbocycles. The third-order valence-electron chi connectivity index (χ3n) is 4.84.